The lowest BCUT2D eigenvalue weighted by molar-refractivity contribution is -0.138. The second-order valence-corrected chi connectivity index (χ2v) is 7.79. The monoisotopic (exact) mass is 272 g/mol. The molecule has 18 heavy (non-hydrogen) atoms. The molecule has 1 saturated carbocycles. The number of carboxylic acid groups (broad SMARTS) is 1. The summed E-state index contributed by atoms with van der Waals surface area (Å²) in [5.41, 5.74) is 0.150. The van der Waals surface area contributed by atoms with Crippen LogP contribution in [0.2, 0.25) is 0 Å². The molecule has 0 aromatic rings. The zero-order valence-corrected chi connectivity index (χ0v) is 12.2. The van der Waals surface area contributed by atoms with Crippen molar-refractivity contribution < 1.29 is 14.6 Å². The number of rotatable bonds is 4. The molecule has 1 heterocycles. The summed E-state index contributed by atoms with van der Waals surface area (Å²) >= 11 is 1.51. The number of hydrogen-bond acceptors (Lipinski definition) is 3. The van der Waals surface area contributed by atoms with E-state index in [9.17, 15) is 4.79 Å². The third-order valence-electron chi connectivity index (χ3n) is 4.25. The first-order valence-corrected chi connectivity index (χ1v) is 7.97. The minimum Gasteiger partial charge on any atom is -0.480 e. The van der Waals surface area contributed by atoms with Gasteiger partial charge >= 0.3 is 5.97 Å². The van der Waals surface area contributed by atoms with E-state index in [4.69, 9.17) is 9.84 Å². The van der Waals surface area contributed by atoms with Gasteiger partial charge in [-0.05, 0) is 39.5 Å². The first-order chi connectivity index (χ1) is 8.44. The lowest BCUT2D eigenvalue weighted by Gasteiger charge is -2.33. The fraction of sp³-hybridized carbons (Fsp3) is 0.929. The summed E-state index contributed by atoms with van der Waals surface area (Å²) in [4.78, 5) is 11.1. The number of thioether (sulfide) groups is 1. The molecule has 0 radical (unpaired) electrons. The Morgan fingerprint density at radius 3 is 2.61 bits per heavy atom. The van der Waals surface area contributed by atoms with Crippen molar-refractivity contribution in [2.75, 3.05) is 5.75 Å². The van der Waals surface area contributed by atoms with Crippen LogP contribution in [-0.2, 0) is 9.53 Å². The van der Waals surface area contributed by atoms with Crippen molar-refractivity contribution in [3.05, 3.63) is 0 Å². The third kappa shape index (κ3) is 3.21. The first kappa shape index (κ1) is 14.2. The Hall–Kier alpha value is -0.220. The van der Waals surface area contributed by atoms with Crippen LogP contribution in [-0.4, -0.2) is 33.3 Å². The Labute approximate surface area is 114 Å². The van der Waals surface area contributed by atoms with Crippen molar-refractivity contribution in [2.24, 2.45) is 0 Å². The summed E-state index contributed by atoms with van der Waals surface area (Å²) in [6.45, 7) is 3.54. The van der Waals surface area contributed by atoms with Crippen molar-refractivity contribution in [3.8, 4) is 0 Å². The Morgan fingerprint density at radius 1 is 1.33 bits per heavy atom. The SMILES string of the molecule is CC(C)(SCC1CCC2(CCCCC2)O1)C(=O)O. The second kappa shape index (κ2) is 5.41. The van der Waals surface area contributed by atoms with E-state index >= 15 is 0 Å². The maximum Gasteiger partial charge on any atom is 0.319 e. The summed E-state index contributed by atoms with van der Waals surface area (Å²) in [5.74, 6) is 0.0685. The molecular weight excluding hydrogens is 248 g/mol. The Balaban J connectivity index is 1.81. The molecule has 1 unspecified atom stereocenters. The predicted molar refractivity (Wildman–Crippen MR) is 74.1 cm³/mol. The van der Waals surface area contributed by atoms with E-state index in [0.29, 0.717) is 0 Å². The summed E-state index contributed by atoms with van der Waals surface area (Å²) in [6.07, 6.45) is 8.87. The average Bonchev–Trinajstić information content (AvgIpc) is 2.71. The van der Waals surface area contributed by atoms with Crippen molar-refractivity contribution in [1.82, 2.24) is 0 Å². The summed E-state index contributed by atoms with van der Waals surface area (Å²) in [5, 5.41) is 9.10. The van der Waals surface area contributed by atoms with E-state index in [1.54, 1.807) is 13.8 Å². The Morgan fingerprint density at radius 2 is 2.00 bits per heavy atom. The van der Waals surface area contributed by atoms with Crippen LogP contribution in [0.1, 0.15) is 58.8 Å². The van der Waals surface area contributed by atoms with E-state index in [1.165, 1.54) is 50.3 Å². The summed E-state index contributed by atoms with van der Waals surface area (Å²) < 4.78 is 5.55. The molecule has 0 aromatic carbocycles. The van der Waals surface area contributed by atoms with Gasteiger partial charge in [-0.15, -0.1) is 11.8 Å². The molecular formula is C14H24O3S. The van der Waals surface area contributed by atoms with E-state index in [1.807, 2.05) is 0 Å². The second-order valence-electron chi connectivity index (χ2n) is 6.15. The third-order valence-corrected chi connectivity index (χ3v) is 5.68. The maximum absolute atomic E-state index is 11.1. The smallest absolute Gasteiger partial charge is 0.319 e. The number of ether oxygens (including phenoxy) is 1. The number of carbonyl (C=O) groups is 1. The molecule has 1 aliphatic heterocycles. The molecule has 0 bridgehead atoms. The standard InChI is InChI=1S/C14H24O3S/c1-13(2,12(15)16)18-10-11-6-9-14(17-11)7-4-3-5-8-14/h11H,3-10H2,1-2H3,(H,15,16). The number of carboxylic acids is 1. The zero-order valence-electron chi connectivity index (χ0n) is 11.4. The molecule has 0 aromatic heterocycles. The fourth-order valence-corrected chi connectivity index (χ4v) is 3.90. The molecule has 2 aliphatic rings. The van der Waals surface area contributed by atoms with Gasteiger partial charge in [0.2, 0.25) is 0 Å². The molecule has 1 atom stereocenters. The molecule has 1 saturated heterocycles. The summed E-state index contributed by atoms with van der Waals surface area (Å²) in [7, 11) is 0. The van der Waals surface area contributed by atoms with Crippen LogP contribution in [0.4, 0.5) is 0 Å². The lowest BCUT2D eigenvalue weighted by Crippen LogP contribution is -2.33. The number of aliphatic carboxylic acids is 1. The molecule has 2 fully saturated rings. The Bertz CT molecular complexity index is 308. The van der Waals surface area contributed by atoms with Gasteiger partial charge in [0.1, 0.15) is 4.75 Å². The van der Waals surface area contributed by atoms with Crippen molar-refractivity contribution in [3.63, 3.8) is 0 Å². The molecule has 2 rings (SSSR count). The predicted octanol–water partition coefficient (Wildman–Crippen LogP) is 3.46. The van der Waals surface area contributed by atoms with Crippen molar-refractivity contribution in [2.45, 2.75) is 75.2 Å². The van der Waals surface area contributed by atoms with Crippen LogP contribution in [0.15, 0.2) is 0 Å². The normalized spacial score (nSPS) is 27.6. The van der Waals surface area contributed by atoms with Gasteiger partial charge in [0.25, 0.3) is 0 Å². The highest BCUT2D eigenvalue weighted by atomic mass is 32.2. The van der Waals surface area contributed by atoms with Gasteiger partial charge in [-0.3, -0.25) is 4.79 Å². The first-order valence-electron chi connectivity index (χ1n) is 6.99. The molecule has 1 N–H and O–H groups in total. The molecule has 0 amide bonds. The minimum atomic E-state index is -0.738. The largest absolute Gasteiger partial charge is 0.480 e. The van der Waals surface area contributed by atoms with Crippen LogP contribution in [0.5, 0.6) is 0 Å². The minimum absolute atomic E-state index is 0.150. The van der Waals surface area contributed by atoms with Gasteiger partial charge in [-0.25, -0.2) is 0 Å². The highest BCUT2D eigenvalue weighted by Crippen LogP contribution is 2.43. The van der Waals surface area contributed by atoms with Gasteiger partial charge in [0.15, 0.2) is 0 Å². The molecule has 1 aliphatic carbocycles. The maximum atomic E-state index is 11.1. The molecule has 1 spiro atoms. The van der Waals surface area contributed by atoms with Crippen molar-refractivity contribution in [1.29, 1.82) is 0 Å². The van der Waals surface area contributed by atoms with Gasteiger partial charge in [0, 0.05) is 5.75 Å². The fourth-order valence-electron chi connectivity index (χ4n) is 2.94. The highest BCUT2D eigenvalue weighted by molar-refractivity contribution is 8.01. The number of hydrogen-bond donors (Lipinski definition) is 1. The van der Waals surface area contributed by atoms with Crippen LogP contribution >= 0.6 is 11.8 Å². The van der Waals surface area contributed by atoms with Crippen LogP contribution in [0.3, 0.4) is 0 Å². The summed E-state index contributed by atoms with van der Waals surface area (Å²) in [6, 6.07) is 0. The Kier molecular flexibility index (Phi) is 4.27. The quantitative estimate of drug-likeness (QED) is 0.851. The zero-order chi connectivity index (χ0) is 13.2. The van der Waals surface area contributed by atoms with Crippen LogP contribution in [0, 0.1) is 0 Å². The van der Waals surface area contributed by atoms with Gasteiger partial charge in [0.05, 0.1) is 11.7 Å². The van der Waals surface area contributed by atoms with E-state index in [2.05, 4.69) is 0 Å². The van der Waals surface area contributed by atoms with Crippen molar-refractivity contribution >= 4 is 17.7 Å². The van der Waals surface area contributed by atoms with E-state index in [0.717, 1.165) is 12.2 Å². The topological polar surface area (TPSA) is 46.5 Å². The lowest BCUT2D eigenvalue weighted by atomic mass is 9.83. The molecule has 3 nitrogen and oxygen atoms in total. The molecule has 4 heteroatoms. The molecule has 104 valence electrons. The highest BCUT2D eigenvalue weighted by Gasteiger charge is 2.41. The van der Waals surface area contributed by atoms with E-state index in [-0.39, 0.29) is 11.7 Å². The van der Waals surface area contributed by atoms with Crippen LogP contribution in [0.25, 0.3) is 0 Å². The average molecular weight is 272 g/mol. The van der Waals surface area contributed by atoms with Gasteiger partial charge < -0.3 is 9.84 Å². The van der Waals surface area contributed by atoms with Gasteiger partial charge in [-0.1, -0.05) is 19.3 Å². The van der Waals surface area contributed by atoms with Crippen LogP contribution < -0.4 is 0 Å². The van der Waals surface area contributed by atoms with Gasteiger partial charge in [-0.2, -0.15) is 0 Å². The van der Waals surface area contributed by atoms with E-state index < -0.39 is 10.7 Å².